The fourth-order valence-electron chi connectivity index (χ4n) is 1.79. The van der Waals surface area contributed by atoms with Gasteiger partial charge in [0.2, 0.25) is 0 Å². The van der Waals surface area contributed by atoms with Crippen LogP contribution in [-0.4, -0.2) is 12.6 Å². The summed E-state index contributed by atoms with van der Waals surface area (Å²) in [4.78, 5) is 11.9. The SMILES string of the molecule is CCOC(=O)c1cc(N)ccc1Nc1cccc(F)c1F. The maximum absolute atomic E-state index is 13.7. The number of hydrogen-bond acceptors (Lipinski definition) is 4. The van der Waals surface area contributed by atoms with Crippen LogP contribution < -0.4 is 11.1 Å². The first-order valence-corrected chi connectivity index (χ1v) is 6.30. The molecule has 110 valence electrons. The summed E-state index contributed by atoms with van der Waals surface area (Å²) in [5.74, 6) is -2.60. The molecule has 0 radical (unpaired) electrons. The van der Waals surface area contributed by atoms with Gasteiger partial charge in [-0.25, -0.2) is 13.6 Å². The highest BCUT2D eigenvalue weighted by molar-refractivity contribution is 5.97. The first-order valence-electron chi connectivity index (χ1n) is 6.30. The number of nitrogen functional groups attached to an aromatic ring is 1. The molecule has 2 aromatic rings. The highest BCUT2D eigenvalue weighted by Crippen LogP contribution is 2.26. The molecule has 6 heteroatoms. The van der Waals surface area contributed by atoms with Gasteiger partial charge in [0, 0.05) is 5.69 Å². The highest BCUT2D eigenvalue weighted by Gasteiger charge is 2.15. The fraction of sp³-hybridized carbons (Fsp3) is 0.133. The third-order valence-electron chi connectivity index (χ3n) is 2.76. The van der Waals surface area contributed by atoms with Crippen LogP contribution in [0.2, 0.25) is 0 Å². The molecule has 0 spiro atoms. The number of carbonyl (C=O) groups excluding carboxylic acids is 1. The summed E-state index contributed by atoms with van der Waals surface area (Å²) in [6, 6.07) is 8.20. The van der Waals surface area contributed by atoms with Gasteiger partial charge >= 0.3 is 5.97 Å². The number of anilines is 3. The maximum atomic E-state index is 13.7. The molecule has 0 amide bonds. The van der Waals surface area contributed by atoms with Gasteiger partial charge in [0.1, 0.15) is 0 Å². The molecule has 0 atom stereocenters. The molecule has 0 aliphatic heterocycles. The predicted octanol–water partition coefficient (Wildman–Crippen LogP) is 3.47. The summed E-state index contributed by atoms with van der Waals surface area (Å²) in [6.45, 7) is 1.87. The normalized spacial score (nSPS) is 10.2. The Labute approximate surface area is 120 Å². The maximum Gasteiger partial charge on any atom is 0.340 e. The molecule has 0 aromatic heterocycles. The van der Waals surface area contributed by atoms with Crippen molar-refractivity contribution in [3.63, 3.8) is 0 Å². The van der Waals surface area contributed by atoms with Crippen molar-refractivity contribution in [1.82, 2.24) is 0 Å². The van der Waals surface area contributed by atoms with Gasteiger partial charge in [-0.15, -0.1) is 0 Å². The van der Waals surface area contributed by atoms with Crippen molar-refractivity contribution in [1.29, 1.82) is 0 Å². The van der Waals surface area contributed by atoms with E-state index in [0.717, 1.165) is 6.07 Å². The van der Waals surface area contributed by atoms with Crippen LogP contribution >= 0.6 is 0 Å². The van der Waals surface area contributed by atoms with Crippen LogP contribution in [0.1, 0.15) is 17.3 Å². The zero-order valence-electron chi connectivity index (χ0n) is 11.3. The molecule has 0 saturated carbocycles. The Morgan fingerprint density at radius 1 is 1.24 bits per heavy atom. The van der Waals surface area contributed by atoms with E-state index in [0.29, 0.717) is 5.69 Å². The smallest absolute Gasteiger partial charge is 0.340 e. The van der Waals surface area contributed by atoms with Crippen LogP contribution in [0.15, 0.2) is 36.4 Å². The van der Waals surface area contributed by atoms with Crippen molar-refractivity contribution >= 4 is 23.0 Å². The molecule has 3 N–H and O–H groups in total. The highest BCUT2D eigenvalue weighted by atomic mass is 19.2. The molecule has 0 bridgehead atoms. The van der Waals surface area contributed by atoms with Crippen LogP contribution in [0.5, 0.6) is 0 Å². The topological polar surface area (TPSA) is 64.3 Å². The summed E-state index contributed by atoms with van der Waals surface area (Å²) in [7, 11) is 0. The quantitative estimate of drug-likeness (QED) is 0.669. The Balaban J connectivity index is 2.40. The number of hydrogen-bond donors (Lipinski definition) is 2. The van der Waals surface area contributed by atoms with E-state index in [-0.39, 0.29) is 23.5 Å². The Morgan fingerprint density at radius 2 is 2.00 bits per heavy atom. The second-order valence-electron chi connectivity index (χ2n) is 4.25. The lowest BCUT2D eigenvalue weighted by Crippen LogP contribution is -2.09. The predicted molar refractivity (Wildman–Crippen MR) is 76.5 cm³/mol. The van der Waals surface area contributed by atoms with Crippen molar-refractivity contribution < 1.29 is 18.3 Å². The number of ether oxygens (including phenoxy) is 1. The Hall–Kier alpha value is -2.63. The Bertz CT molecular complexity index is 675. The number of nitrogens with one attached hydrogen (secondary N) is 1. The van der Waals surface area contributed by atoms with Crippen molar-refractivity contribution in [3.8, 4) is 0 Å². The number of rotatable bonds is 4. The molecule has 0 unspecified atom stereocenters. The zero-order chi connectivity index (χ0) is 15.4. The third-order valence-corrected chi connectivity index (χ3v) is 2.76. The van der Waals surface area contributed by atoms with E-state index in [1.165, 1.54) is 24.3 Å². The fourth-order valence-corrected chi connectivity index (χ4v) is 1.79. The van der Waals surface area contributed by atoms with Gasteiger partial charge in [-0.05, 0) is 37.3 Å². The van der Waals surface area contributed by atoms with Crippen LogP contribution in [0.3, 0.4) is 0 Å². The van der Waals surface area contributed by atoms with Gasteiger partial charge in [0.15, 0.2) is 11.6 Å². The second kappa shape index (κ2) is 6.21. The first-order chi connectivity index (χ1) is 10.0. The molecule has 0 aliphatic carbocycles. The monoisotopic (exact) mass is 292 g/mol. The van der Waals surface area contributed by atoms with Crippen LogP contribution in [-0.2, 0) is 4.74 Å². The number of carbonyl (C=O) groups is 1. The van der Waals surface area contributed by atoms with Crippen molar-refractivity contribution in [2.24, 2.45) is 0 Å². The molecular weight excluding hydrogens is 278 g/mol. The average Bonchev–Trinajstić information content (AvgIpc) is 2.46. The van der Waals surface area contributed by atoms with E-state index in [1.807, 2.05) is 0 Å². The Morgan fingerprint density at radius 3 is 2.71 bits per heavy atom. The van der Waals surface area contributed by atoms with E-state index in [4.69, 9.17) is 10.5 Å². The molecular formula is C15H14F2N2O2. The lowest BCUT2D eigenvalue weighted by molar-refractivity contribution is 0.0527. The number of benzene rings is 2. The summed E-state index contributed by atoms with van der Waals surface area (Å²) in [5.41, 5.74) is 6.36. The van der Waals surface area contributed by atoms with Crippen molar-refractivity contribution in [2.75, 3.05) is 17.7 Å². The molecule has 4 nitrogen and oxygen atoms in total. The third kappa shape index (κ3) is 3.28. The minimum Gasteiger partial charge on any atom is -0.462 e. The van der Waals surface area contributed by atoms with E-state index < -0.39 is 17.6 Å². The summed E-state index contributed by atoms with van der Waals surface area (Å²) < 4.78 is 31.8. The number of nitrogens with two attached hydrogens (primary N) is 1. The zero-order valence-corrected chi connectivity index (χ0v) is 11.3. The standard InChI is InChI=1S/C15H14F2N2O2/c1-2-21-15(20)10-8-9(18)6-7-12(10)19-13-5-3-4-11(16)14(13)17/h3-8,19H,2,18H2,1H3. The van der Waals surface area contributed by atoms with Gasteiger partial charge in [-0.3, -0.25) is 0 Å². The van der Waals surface area contributed by atoms with Crippen LogP contribution in [0.25, 0.3) is 0 Å². The second-order valence-corrected chi connectivity index (χ2v) is 4.25. The van der Waals surface area contributed by atoms with Gasteiger partial charge in [-0.2, -0.15) is 0 Å². The Kier molecular flexibility index (Phi) is 4.37. The molecule has 0 heterocycles. The summed E-state index contributed by atoms with van der Waals surface area (Å²) in [5, 5.41) is 2.68. The lowest BCUT2D eigenvalue weighted by Gasteiger charge is -2.13. The van der Waals surface area contributed by atoms with E-state index >= 15 is 0 Å². The van der Waals surface area contributed by atoms with E-state index in [9.17, 15) is 13.6 Å². The first kappa shape index (κ1) is 14.8. The van der Waals surface area contributed by atoms with Crippen LogP contribution in [0.4, 0.5) is 25.8 Å². The average molecular weight is 292 g/mol. The minimum absolute atomic E-state index is 0.0784. The molecule has 2 rings (SSSR count). The largest absolute Gasteiger partial charge is 0.462 e. The summed E-state index contributed by atoms with van der Waals surface area (Å²) >= 11 is 0. The van der Waals surface area contributed by atoms with Crippen molar-refractivity contribution in [3.05, 3.63) is 53.6 Å². The number of esters is 1. The molecule has 0 aliphatic rings. The summed E-state index contributed by atoms with van der Waals surface area (Å²) in [6.07, 6.45) is 0. The van der Waals surface area contributed by atoms with Gasteiger partial charge in [0.25, 0.3) is 0 Å². The van der Waals surface area contributed by atoms with Crippen LogP contribution in [0, 0.1) is 11.6 Å². The lowest BCUT2D eigenvalue weighted by atomic mass is 10.1. The molecule has 0 fully saturated rings. The van der Waals surface area contributed by atoms with E-state index in [1.54, 1.807) is 13.0 Å². The molecule has 0 saturated heterocycles. The molecule has 21 heavy (non-hydrogen) atoms. The minimum atomic E-state index is -1.02. The van der Waals surface area contributed by atoms with Crippen molar-refractivity contribution in [2.45, 2.75) is 6.92 Å². The van der Waals surface area contributed by atoms with E-state index in [2.05, 4.69) is 5.32 Å². The molecule has 2 aromatic carbocycles. The number of halogens is 2. The van der Waals surface area contributed by atoms with Gasteiger partial charge in [-0.1, -0.05) is 6.07 Å². The van der Waals surface area contributed by atoms with Gasteiger partial charge in [0.05, 0.1) is 23.5 Å². The van der Waals surface area contributed by atoms with Gasteiger partial charge < -0.3 is 15.8 Å².